The predicted octanol–water partition coefficient (Wildman–Crippen LogP) is 3.42. The molecule has 2 aromatic rings. The molecule has 0 saturated carbocycles. The molecule has 1 nitrogen and oxygen atoms in total. The van der Waals surface area contributed by atoms with E-state index in [9.17, 15) is 18.3 Å². The molecule has 0 saturated heterocycles. The van der Waals surface area contributed by atoms with Crippen molar-refractivity contribution in [3.8, 4) is 0 Å². The molecule has 1 atom stereocenters. The van der Waals surface area contributed by atoms with E-state index in [2.05, 4.69) is 0 Å². The lowest BCUT2D eigenvalue weighted by molar-refractivity contribution is 0.261. The highest BCUT2D eigenvalue weighted by Crippen LogP contribution is 2.23. The maximum absolute atomic E-state index is 13.6. The second-order valence-corrected chi connectivity index (χ2v) is 4.38. The standard InChI is InChI=1S/C15H13F3O/c16-12-6-10(7-13(17)8-12)5-11(9-19)14-3-1-2-4-15(14)18/h1-4,6-8,11,19H,5,9H2. The molecule has 0 heterocycles. The number of aliphatic hydroxyl groups is 1. The van der Waals surface area contributed by atoms with Gasteiger partial charge in [0.25, 0.3) is 0 Å². The Bertz CT molecular complexity index is 549. The maximum Gasteiger partial charge on any atom is 0.126 e. The van der Waals surface area contributed by atoms with Gasteiger partial charge in [0, 0.05) is 12.0 Å². The summed E-state index contributed by atoms with van der Waals surface area (Å²) in [5, 5.41) is 9.35. The van der Waals surface area contributed by atoms with E-state index in [4.69, 9.17) is 0 Å². The Balaban J connectivity index is 2.26. The molecule has 2 aromatic carbocycles. The summed E-state index contributed by atoms with van der Waals surface area (Å²) in [6, 6.07) is 9.22. The minimum Gasteiger partial charge on any atom is -0.396 e. The number of halogens is 3. The van der Waals surface area contributed by atoms with Gasteiger partial charge in [0.2, 0.25) is 0 Å². The first-order valence-electron chi connectivity index (χ1n) is 5.90. The normalized spacial score (nSPS) is 12.4. The Hall–Kier alpha value is -1.81. The molecule has 0 aliphatic carbocycles. The third kappa shape index (κ3) is 3.35. The van der Waals surface area contributed by atoms with Crippen molar-refractivity contribution in [2.75, 3.05) is 6.61 Å². The SMILES string of the molecule is OCC(Cc1cc(F)cc(F)c1)c1ccccc1F. The molecular formula is C15H13F3O. The molecule has 0 aliphatic heterocycles. The summed E-state index contributed by atoms with van der Waals surface area (Å²) in [6.07, 6.45) is 0.173. The third-order valence-corrected chi connectivity index (χ3v) is 2.97. The molecular weight excluding hydrogens is 253 g/mol. The second-order valence-electron chi connectivity index (χ2n) is 4.38. The van der Waals surface area contributed by atoms with Gasteiger partial charge in [-0.3, -0.25) is 0 Å². The van der Waals surface area contributed by atoms with Crippen molar-refractivity contribution >= 4 is 0 Å². The minimum atomic E-state index is -0.680. The molecule has 0 spiro atoms. The van der Waals surface area contributed by atoms with Crippen molar-refractivity contribution in [2.24, 2.45) is 0 Å². The van der Waals surface area contributed by atoms with Crippen molar-refractivity contribution in [3.05, 3.63) is 71.0 Å². The van der Waals surface area contributed by atoms with E-state index in [-0.39, 0.29) is 13.0 Å². The Morgan fingerprint density at radius 1 is 0.947 bits per heavy atom. The number of hydrogen-bond donors (Lipinski definition) is 1. The van der Waals surface area contributed by atoms with Gasteiger partial charge in [-0.1, -0.05) is 18.2 Å². The van der Waals surface area contributed by atoms with Crippen molar-refractivity contribution in [1.82, 2.24) is 0 Å². The predicted molar refractivity (Wildman–Crippen MR) is 66.3 cm³/mol. The van der Waals surface area contributed by atoms with Crippen LogP contribution in [-0.4, -0.2) is 11.7 Å². The zero-order valence-electron chi connectivity index (χ0n) is 10.1. The molecule has 19 heavy (non-hydrogen) atoms. The van der Waals surface area contributed by atoms with Crippen LogP contribution >= 0.6 is 0 Å². The van der Waals surface area contributed by atoms with Crippen molar-refractivity contribution < 1.29 is 18.3 Å². The van der Waals surface area contributed by atoms with Crippen molar-refractivity contribution in [1.29, 1.82) is 0 Å². The molecule has 4 heteroatoms. The molecule has 0 aliphatic rings. The quantitative estimate of drug-likeness (QED) is 0.899. The highest BCUT2D eigenvalue weighted by Gasteiger charge is 2.16. The van der Waals surface area contributed by atoms with Crippen LogP contribution < -0.4 is 0 Å². The van der Waals surface area contributed by atoms with Gasteiger partial charge >= 0.3 is 0 Å². The Morgan fingerprint density at radius 3 is 2.16 bits per heavy atom. The van der Waals surface area contributed by atoms with E-state index in [1.54, 1.807) is 18.2 Å². The largest absolute Gasteiger partial charge is 0.396 e. The summed E-state index contributed by atoms with van der Waals surface area (Å²) >= 11 is 0. The van der Waals surface area contributed by atoms with Gasteiger partial charge in [-0.2, -0.15) is 0 Å². The first-order valence-corrected chi connectivity index (χ1v) is 5.90. The van der Waals surface area contributed by atoms with Gasteiger partial charge in [0.05, 0.1) is 6.61 Å². The fraction of sp³-hybridized carbons (Fsp3) is 0.200. The lowest BCUT2D eigenvalue weighted by atomic mass is 9.92. The minimum absolute atomic E-state index is 0.173. The van der Waals surface area contributed by atoms with Gasteiger partial charge in [-0.05, 0) is 35.7 Å². The second kappa shape index (κ2) is 5.89. The summed E-state index contributed by atoms with van der Waals surface area (Å²) in [6.45, 7) is -0.293. The van der Waals surface area contributed by atoms with E-state index < -0.39 is 23.4 Å². The molecule has 2 rings (SSSR count). The van der Waals surface area contributed by atoms with Crippen LogP contribution in [0.3, 0.4) is 0 Å². The van der Waals surface area contributed by atoms with E-state index in [1.165, 1.54) is 18.2 Å². The maximum atomic E-state index is 13.6. The Morgan fingerprint density at radius 2 is 1.58 bits per heavy atom. The van der Waals surface area contributed by atoms with E-state index in [0.29, 0.717) is 11.1 Å². The monoisotopic (exact) mass is 266 g/mol. The molecule has 0 amide bonds. The van der Waals surface area contributed by atoms with E-state index in [1.807, 2.05) is 0 Å². The average Bonchev–Trinajstić information content (AvgIpc) is 2.36. The van der Waals surface area contributed by atoms with E-state index in [0.717, 1.165) is 6.07 Å². The number of aliphatic hydroxyl groups excluding tert-OH is 1. The Labute approximate surface area is 109 Å². The first kappa shape index (κ1) is 13.6. The zero-order valence-corrected chi connectivity index (χ0v) is 10.1. The van der Waals surface area contributed by atoms with Gasteiger partial charge in [-0.15, -0.1) is 0 Å². The molecule has 0 radical (unpaired) electrons. The highest BCUT2D eigenvalue weighted by molar-refractivity contribution is 5.26. The van der Waals surface area contributed by atoms with Crippen LogP contribution in [0.5, 0.6) is 0 Å². The molecule has 0 bridgehead atoms. The topological polar surface area (TPSA) is 20.2 Å². The lowest BCUT2D eigenvalue weighted by Gasteiger charge is -2.15. The van der Waals surface area contributed by atoms with Gasteiger partial charge in [0.1, 0.15) is 17.5 Å². The van der Waals surface area contributed by atoms with Crippen LogP contribution in [-0.2, 0) is 6.42 Å². The molecule has 1 unspecified atom stereocenters. The highest BCUT2D eigenvalue weighted by atomic mass is 19.1. The number of benzene rings is 2. The summed E-state index contributed by atoms with van der Waals surface area (Å²) in [5.41, 5.74) is 0.731. The fourth-order valence-electron chi connectivity index (χ4n) is 2.09. The summed E-state index contributed by atoms with van der Waals surface area (Å²) < 4.78 is 39.8. The van der Waals surface area contributed by atoms with Crippen molar-refractivity contribution in [3.63, 3.8) is 0 Å². The Kier molecular flexibility index (Phi) is 4.22. The molecule has 1 N–H and O–H groups in total. The number of rotatable bonds is 4. The summed E-state index contributed by atoms with van der Waals surface area (Å²) in [7, 11) is 0. The molecule has 100 valence electrons. The fourth-order valence-corrected chi connectivity index (χ4v) is 2.09. The van der Waals surface area contributed by atoms with Crippen LogP contribution in [0.4, 0.5) is 13.2 Å². The number of hydrogen-bond acceptors (Lipinski definition) is 1. The molecule has 0 fully saturated rings. The van der Waals surface area contributed by atoms with Crippen LogP contribution in [0.15, 0.2) is 42.5 Å². The zero-order chi connectivity index (χ0) is 13.8. The van der Waals surface area contributed by atoms with Crippen LogP contribution in [0.1, 0.15) is 17.0 Å². The summed E-state index contributed by atoms with van der Waals surface area (Å²) in [4.78, 5) is 0. The van der Waals surface area contributed by atoms with Crippen molar-refractivity contribution in [2.45, 2.75) is 12.3 Å². The van der Waals surface area contributed by atoms with Gasteiger partial charge < -0.3 is 5.11 Å². The van der Waals surface area contributed by atoms with Gasteiger partial charge in [0.15, 0.2) is 0 Å². The average molecular weight is 266 g/mol. The summed E-state index contributed by atoms with van der Waals surface area (Å²) in [5.74, 6) is -2.32. The van der Waals surface area contributed by atoms with E-state index >= 15 is 0 Å². The van der Waals surface area contributed by atoms with Crippen LogP contribution in [0.25, 0.3) is 0 Å². The van der Waals surface area contributed by atoms with Crippen LogP contribution in [0.2, 0.25) is 0 Å². The first-order chi connectivity index (χ1) is 9.10. The lowest BCUT2D eigenvalue weighted by Crippen LogP contribution is -2.10. The smallest absolute Gasteiger partial charge is 0.126 e. The third-order valence-electron chi connectivity index (χ3n) is 2.97. The van der Waals surface area contributed by atoms with Crippen LogP contribution in [0, 0.1) is 17.5 Å². The molecule has 0 aromatic heterocycles. The van der Waals surface area contributed by atoms with Gasteiger partial charge in [-0.25, -0.2) is 13.2 Å².